The zero-order valence-electron chi connectivity index (χ0n) is 12.6. The van der Waals surface area contributed by atoms with E-state index in [1.807, 2.05) is 0 Å². The summed E-state index contributed by atoms with van der Waals surface area (Å²) in [5.74, 6) is -1.08. The molecule has 0 radical (unpaired) electrons. The third-order valence-corrected chi connectivity index (χ3v) is 6.62. The zero-order valence-corrected chi connectivity index (χ0v) is 15.0. The van der Waals surface area contributed by atoms with Crippen LogP contribution in [0.5, 0.6) is 0 Å². The van der Waals surface area contributed by atoms with Crippen molar-refractivity contribution in [1.29, 1.82) is 0 Å². The van der Waals surface area contributed by atoms with Gasteiger partial charge in [-0.1, -0.05) is 12.8 Å². The molecule has 0 unspecified atom stereocenters. The fourth-order valence-electron chi connectivity index (χ4n) is 2.69. The lowest BCUT2D eigenvalue weighted by Crippen LogP contribution is -2.51. The van der Waals surface area contributed by atoms with E-state index in [0.29, 0.717) is 12.8 Å². The minimum atomic E-state index is -3.96. The smallest absolute Gasteiger partial charge is 0.241 e. The lowest BCUT2D eigenvalue weighted by atomic mass is 10.0. The number of nitrogens with two attached hydrogens (primary N) is 1. The van der Waals surface area contributed by atoms with Crippen molar-refractivity contribution >= 4 is 32.3 Å². The van der Waals surface area contributed by atoms with Crippen molar-refractivity contribution in [3.8, 4) is 0 Å². The number of nitrogens with one attached hydrogen (secondary N) is 1. The Morgan fingerprint density at radius 1 is 1.22 bits per heavy atom. The van der Waals surface area contributed by atoms with Gasteiger partial charge in [-0.15, -0.1) is 12.4 Å². The van der Waals surface area contributed by atoms with Gasteiger partial charge in [0, 0.05) is 18.3 Å². The first-order valence-corrected chi connectivity index (χ1v) is 10.2. The van der Waals surface area contributed by atoms with E-state index in [0.717, 1.165) is 37.3 Å². The Kier molecular flexibility index (Phi) is 6.20. The minimum absolute atomic E-state index is 0. The van der Waals surface area contributed by atoms with Gasteiger partial charge in [-0.25, -0.2) is 25.9 Å². The molecule has 0 bridgehead atoms. The molecule has 2 rings (SSSR count). The van der Waals surface area contributed by atoms with Gasteiger partial charge in [0.1, 0.15) is 10.7 Å². The first-order chi connectivity index (χ1) is 10.1. The molecule has 0 atom stereocenters. The predicted molar refractivity (Wildman–Crippen MR) is 87.3 cm³/mol. The second kappa shape index (κ2) is 7.02. The molecule has 1 aliphatic carbocycles. The predicted octanol–water partition coefficient (Wildman–Crippen LogP) is 1.20. The van der Waals surface area contributed by atoms with Crippen LogP contribution in [0.2, 0.25) is 0 Å². The summed E-state index contributed by atoms with van der Waals surface area (Å²) in [5.41, 5.74) is 4.98. The van der Waals surface area contributed by atoms with E-state index in [4.69, 9.17) is 5.73 Å². The Balaban J connectivity index is 0.00000264. The maximum Gasteiger partial charge on any atom is 0.241 e. The Morgan fingerprint density at radius 2 is 1.78 bits per heavy atom. The van der Waals surface area contributed by atoms with Crippen molar-refractivity contribution in [2.24, 2.45) is 5.73 Å². The molecule has 0 aliphatic heterocycles. The minimum Gasteiger partial charge on any atom is -0.329 e. The molecule has 0 aromatic heterocycles. The second-order valence-corrected chi connectivity index (χ2v) is 9.33. The van der Waals surface area contributed by atoms with Gasteiger partial charge < -0.3 is 5.73 Å². The summed E-state index contributed by atoms with van der Waals surface area (Å²) in [7, 11) is -7.71. The Hall–Kier alpha value is -0.740. The van der Waals surface area contributed by atoms with Crippen molar-refractivity contribution in [2.45, 2.75) is 41.0 Å². The fraction of sp³-hybridized carbons (Fsp3) is 0.538. The van der Waals surface area contributed by atoms with Crippen LogP contribution in [0.15, 0.2) is 28.0 Å². The average Bonchev–Trinajstić information content (AvgIpc) is 2.85. The molecule has 3 N–H and O–H groups in total. The number of sulfone groups is 1. The van der Waals surface area contributed by atoms with Gasteiger partial charge in [0.05, 0.1) is 4.90 Å². The van der Waals surface area contributed by atoms with Gasteiger partial charge in [-0.3, -0.25) is 0 Å². The monoisotopic (exact) mass is 386 g/mol. The lowest BCUT2D eigenvalue weighted by Gasteiger charge is -2.28. The molecule has 1 saturated carbocycles. The number of hydrogen-bond donors (Lipinski definition) is 2. The molecule has 1 aromatic rings. The summed E-state index contributed by atoms with van der Waals surface area (Å²) in [6.45, 7) is 0.163. The summed E-state index contributed by atoms with van der Waals surface area (Å²) in [5, 5.41) is 0. The number of sulfonamides is 1. The molecule has 0 amide bonds. The summed E-state index contributed by atoms with van der Waals surface area (Å²) in [6.07, 6.45) is 3.88. The van der Waals surface area contributed by atoms with Crippen LogP contribution in [-0.2, 0) is 19.9 Å². The lowest BCUT2D eigenvalue weighted by molar-refractivity contribution is 0.399. The van der Waals surface area contributed by atoms with Gasteiger partial charge in [0.25, 0.3) is 0 Å². The first-order valence-electron chi connectivity index (χ1n) is 6.83. The molecule has 0 saturated heterocycles. The molecule has 23 heavy (non-hydrogen) atoms. The quantitative estimate of drug-likeness (QED) is 0.790. The normalized spacial score (nSPS) is 17.7. The fourth-order valence-corrected chi connectivity index (χ4v) is 4.90. The van der Waals surface area contributed by atoms with Crippen molar-refractivity contribution in [2.75, 3.05) is 12.8 Å². The maximum absolute atomic E-state index is 13.9. The van der Waals surface area contributed by atoms with Gasteiger partial charge >= 0.3 is 0 Å². The highest BCUT2D eigenvalue weighted by Gasteiger charge is 2.37. The largest absolute Gasteiger partial charge is 0.329 e. The summed E-state index contributed by atoms with van der Waals surface area (Å²) < 4.78 is 63.9. The molecule has 1 fully saturated rings. The van der Waals surface area contributed by atoms with E-state index >= 15 is 0 Å². The number of benzene rings is 1. The molecule has 10 heteroatoms. The maximum atomic E-state index is 13.9. The van der Waals surface area contributed by atoms with E-state index < -0.39 is 36.1 Å². The second-order valence-electron chi connectivity index (χ2n) is 5.66. The van der Waals surface area contributed by atoms with E-state index in [1.54, 1.807) is 0 Å². The highest BCUT2D eigenvalue weighted by atomic mass is 35.5. The third kappa shape index (κ3) is 4.42. The van der Waals surface area contributed by atoms with Crippen molar-refractivity contribution in [3.63, 3.8) is 0 Å². The summed E-state index contributed by atoms with van der Waals surface area (Å²) >= 11 is 0. The Bertz CT molecular complexity index is 775. The molecule has 132 valence electrons. The third-order valence-electron chi connectivity index (χ3n) is 3.92. The number of halogens is 2. The van der Waals surface area contributed by atoms with Gasteiger partial charge in [-0.05, 0) is 31.0 Å². The van der Waals surface area contributed by atoms with Crippen LogP contribution >= 0.6 is 12.4 Å². The van der Waals surface area contributed by atoms with Gasteiger partial charge in [0.15, 0.2) is 9.84 Å². The van der Waals surface area contributed by atoms with Crippen LogP contribution in [-0.4, -0.2) is 35.2 Å². The first kappa shape index (κ1) is 20.3. The summed E-state index contributed by atoms with van der Waals surface area (Å²) in [6, 6.07) is 2.77. The zero-order chi connectivity index (χ0) is 16.6. The standard InChI is InChI=1S/C13H19FN2O4S2.ClH/c1-21(17,18)12-5-4-10(8-11(12)14)22(19,20)16-13(9-15)6-2-3-7-13;/h4-5,8,16H,2-3,6-7,9,15H2,1H3;1H. The van der Waals surface area contributed by atoms with Crippen LogP contribution in [0.1, 0.15) is 25.7 Å². The van der Waals surface area contributed by atoms with Crippen molar-refractivity contribution in [3.05, 3.63) is 24.0 Å². The van der Waals surface area contributed by atoms with Crippen molar-refractivity contribution in [1.82, 2.24) is 4.72 Å². The van der Waals surface area contributed by atoms with Crippen LogP contribution < -0.4 is 10.5 Å². The van der Waals surface area contributed by atoms with Crippen LogP contribution in [0.25, 0.3) is 0 Å². The SMILES string of the molecule is CS(=O)(=O)c1ccc(S(=O)(=O)NC2(CN)CCCC2)cc1F.Cl. The Labute approximate surface area is 142 Å². The van der Waals surface area contributed by atoms with E-state index in [2.05, 4.69) is 4.72 Å². The Morgan fingerprint density at radius 3 is 2.22 bits per heavy atom. The topological polar surface area (TPSA) is 106 Å². The molecule has 0 heterocycles. The van der Waals surface area contributed by atoms with E-state index in [9.17, 15) is 21.2 Å². The number of hydrogen-bond acceptors (Lipinski definition) is 5. The highest BCUT2D eigenvalue weighted by Crippen LogP contribution is 2.30. The number of rotatable bonds is 5. The van der Waals surface area contributed by atoms with Crippen LogP contribution in [0.4, 0.5) is 4.39 Å². The summed E-state index contributed by atoms with van der Waals surface area (Å²) in [4.78, 5) is -0.835. The van der Waals surface area contributed by atoms with Gasteiger partial charge in [0.2, 0.25) is 10.0 Å². The molecule has 6 nitrogen and oxygen atoms in total. The molecular weight excluding hydrogens is 367 g/mol. The van der Waals surface area contributed by atoms with Gasteiger partial charge in [-0.2, -0.15) is 0 Å². The molecule has 1 aromatic carbocycles. The molecule has 1 aliphatic rings. The van der Waals surface area contributed by atoms with E-state index in [1.165, 1.54) is 0 Å². The van der Waals surface area contributed by atoms with Crippen molar-refractivity contribution < 1.29 is 21.2 Å². The van der Waals surface area contributed by atoms with E-state index in [-0.39, 0.29) is 23.8 Å². The molecular formula is C13H20ClFN2O4S2. The van der Waals surface area contributed by atoms with Crippen LogP contribution in [0, 0.1) is 5.82 Å². The highest BCUT2D eigenvalue weighted by molar-refractivity contribution is 7.90. The molecule has 0 spiro atoms. The average molecular weight is 387 g/mol. The van der Waals surface area contributed by atoms with Crippen LogP contribution in [0.3, 0.4) is 0 Å².